The van der Waals surface area contributed by atoms with Crippen LogP contribution in [0.2, 0.25) is 5.02 Å². The Balaban J connectivity index is 2.04. The number of hydrogen-bond acceptors (Lipinski definition) is 4. The predicted octanol–water partition coefficient (Wildman–Crippen LogP) is 3.94. The van der Waals surface area contributed by atoms with Gasteiger partial charge in [-0.2, -0.15) is 0 Å². The summed E-state index contributed by atoms with van der Waals surface area (Å²) in [6, 6.07) is 19.3. The highest BCUT2D eigenvalue weighted by Crippen LogP contribution is 2.25. The average molecular weight is 546 g/mol. The van der Waals surface area contributed by atoms with Crippen LogP contribution in [0.15, 0.2) is 72.8 Å². The highest BCUT2D eigenvalue weighted by molar-refractivity contribution is 7.92. The molecule has 0 aliphatic rings. The van der Waals surface area contributed by atoms with Crippen molar-refractivity contribution in [3.05, 3.63) is 100 Å². The summed E-state index contributed by atoms with van der Waals surface area (Å²) in [4.78, 5) is 28.2. The monoisotopic (exact) mass is 545 g/mol. The number of hydrogen-bond donors (Lipinski definition) is 1. The van der Waals surface area contributed by atoms with E-state index in [4.69, 9.17) is 11.6 Å². The molecule has 196 valence electrons. The van der Waals surface area contributed by atoms with Gasteiger partial charge in [-0.1, -0.05) is 71.8 Å². The van der Waals surface area contributed by atoms with E-state index in [1.165, 1.54) is 18.0 Å². The zero-order valence-corrected chi connectivity index (χ0v) is 22.4. The quantitative estimate of drug-likeness (QED) is 0.418. The second-order valence-electron chi connectivity index (χ2n) is 8.70. The summed E-state index contributed by atoms with van der Waals surface area (Å²) in [6.07, 6.45) is 1.17. The SMILES string of the molecule is CNC(=O)[C@H](Cc1ccccc1)N(Cc1cccc(C)c1)C(=O)CN(c1ccc(F)c(Cl)c1)S(C)(=O)=O. The molecule has 0 heterocycles. The van der Waals surface area contributed by atoms with Gasteiger partial charge < -0.3 is 10.2 Å². The van der Waals surface area contributed by atoms with E-state index in [0.29, 0.717) is 0 Å². The van der Waals surface area contributed by atoms with Crippen molar-refractivity contribution >= 4 is 39.1 Å². The van der Waals surface area contributed by atoms with Gasteiger partial charge in [0.25, 0.3) is 0 Å². The van der Waals surface area contributed by atoms with Crippen LogP contribution in [0.3, 0.4) is 0 Å². The first kappa shape index (κ1) is 28.1. The van der Waals surface area contributed by atoms with Gasteiger partial charge in [-0.15, -0.1) is 0 Å². The Bertz CT molecular complexity index is 1370. The molecule has 37 heavy (non-hydrogen) atoms. The van der Waals surface area contributed by atoms with E-state index in [9.17, 15) is 22.4 Å². The summed E-state index contributed by atoms with van der Waals surface area (Å²) in [7, 11) is -2.48. The average Bonchev–Trinajstić information content (AvgIpc) is 2.86. The largest absolute Gasteiger partial charge is 0.357 e. The van der Waals surface area contributed by atoms with Crippen LogP contribution in [-0.4, -0.2) is 51.0 Å². The standard InChI is InChI=1S/C27H29ClFN3O4S/c1-19-8-7-11-21(14-19)17-31(25(27(34)30-2)15-20-9-5-4-6-10-20)26(33)18-32(37(3,35)36)22-12-13-24(29)23(28)16-22/h4-14,16,25H,15,17-18H2,1-3H3,(H,30,34)/t25-/m0/s1. The molecule has 0 fully saturated rings. The van der Waals surface area contributed by atoms with Gasteiger partial charge in [0.15, 0.2) is 0 Å². The number of nitrogens with zero attached hydrogens (tertiary/aromatic N) is 2. The minimum absolute atomic E-state index is 0.0392. The van der Waals surface area contributed by atoms with Crippen LogP contribution in [0, 0.1) is 12.7 Å². The fourth-order valence-electron chi connectivity index (χ4n) is 3.98. The fourth-order valence-corrected chi connectivity index (χ4v) is 5.00. The van der Waals surface area contributed by atoms with Crippen molar-refractivity contribution in [1.82, 2.24) is 10.2 Å². The number of likely N-dealkylation sites (N-methyl/N-ethyl adjacent to an activating group) is 1. The molecule has 0 aliphatic carbocycles. The van der Waals surface area contributed by atoms with E-state index in [-0.39, 0.29) is 29.6 Å². The van der Waals surface area contributed by atoms with Gasteiger partial charge in [0, 0.05) is 20.0 Å². The molecular weight excluding hydrogens is 517 g/mol. The molecule has 0 saturated carbocycles. The lowest BCUT2D eigenvalue weighted by Crippen LogP contribution is -2.52. The molecule has 0 unspecified atom stereocenters. The van der Waals surface area contributed by atoms with Crippen LogP contribution >= 0.6 is 11.6 Å². The second-order valence-corrected chi connectivity index (χ2v) is 11.0. The van der Waals surface area contributed by atoms with Gasteiger partial charge in [-0.25, -0.2) is 12.8 Å². The Labute approximate surface area is 221 Å². The molecule has 10 heteroatoms. The number of carbonyl (C=O) groups is 2. The van der Waals surface area contributed by atoms with E-state index >= 15 is 0 Å². The Hall–Kier alpha value is -3.43. The Morgan fingerprint density at radius 3 is 2.27 bits per heavy atom. The van der Waals surface area contributed by atoms with Crippen molar-refractivity contribution < 1.29 is 22.4 Å². The van der Waals surface area contributed by atoms with Crippen molar-refractivity contribution in [3.63, 3.8) is 0 Å². The molecule has 1 N–H and O–H groups in total. The van der Waals surface area contributed by atoms with E-state index in [1.54, 1.807) is 0 Å². The maximum absolute atomic E-state index is 13.8. The Morgan fingerprint density at radius 2 is 1.68 bits per heavy atom. The van der Waals surface area contributed by atoms with Crippen molar-refractivity contribution in [2.24, 2.45) is 0 Å². The van der Waals surface area contributed by atoms with E-state index < -0.39 is 34.3 Å². The molecule has 2 amide bonds. The van der Waals surface area contributed by atoms with Crippen molar-refractivity contribution in [3.8, 4) is 0 Å². The van der Waals surface area contributed by atoms with Gasteiger partial charge >= 0.3 is 0 Å². The highest BCUT2D eigenvalue weighted by Gasteiger charge is 2.32. The van der Waals surface area contributed by atoms with Crippen LogP contribution in [0.4, 0.5) is 10.1 Å². The van der Waals surface area contributed by atoms with Crippen molar-refractivity contribution in [2.75, 3.05) is 24.2 Å². The molecule has 3 aromatic rings. The van der Waals surface area contributed by atoms with E-state index in [0.717, 1.165) is 39.4 Å². The zero-order valence-electron chi connectivity index (χ0n) is 20.8. The number of halogens is 2. The molecule has 3 aromatic carbocycles. The summed E-state index contributed by atoms with van der Waals surface area (Å²) in [5.41, 5.74) is 2.63. The maximum Gasteiger partial charge on any atom is 0.244 e. The molecular formula is C27H29ClFN3O4S. The van der Waals surface area contributed by atoms with Crippen molar-refractivity contribution in [2.45, 2.75) is 25.9 Å². The number of nitrogens with one attached hydrogen (secondary N) is 1. The summed E-state index contributed by atoms with van der Waals surface area (Å²) >= 11 is 5.89. The minimum Gasteiger partial charge on any atom is -0.357 e. The molecule has 0 saturated heterocycles. The molecule has 3 rings (SSSR count). The van der Waals surface area contributed by atoms with Crippen molar-refractivity contribution in [1.29, 1.82) is 0 Å². The summed E-state index contributed by atoms with van der Waals surface area (Å²) in [5.74, 6) is -1.70. The van der Waals surface area contributed by atoms with Gasteiger partial charge in [0.2, 0.25) is 21.8 Å². The molecule has 7 nitrogen and oxygen atoms in total. The first-order valence-electron chi connectivity index (χ1n) is 11.5. The summed E-state index contributed by atoms with van der Waals surface area (Å²) in [6.45, 7) is 1.39. The third-order valence-electron chi connectivity index (χ3n) is 5.82. The molecule has 0 aromatic heterocycles. The third-order valence-corrected chi connectivity index (χ3v) is 7.25. The summed E-state index contributed by atoms with van der Waals surface area (Å²) in [5, 5.41) is 2.35. The van der Waals surface area contributed by atoms with E-state index in [2.05, 4.69) is 5.32 Å². The highest BCUT2D eigenvalue weighted by atomic mass is 35.5. The number of amides is 2. The number of anilines is 1. The second kappa shape index (κ2) is 12.2. The summed E-state index contributed by atoms with van der Waals surface area (Å²) < 4.78 is 40.0. The first-order chi connectivity index (χ1) is 17.5. The minimum atomic E-state index is -3.96. The van der Waals surface area contributed by atoms with Gasteiger partial charge in [-0.05, 0) is 36.2 Å². The number of rotatable bonds is 10. The first-order valence-corrected chi connectivity index (χ1v) is 13.8. The lowest BCUT2D eigenvalue weighted by atomic mass is 10.0. The number of carbonyl (C=O) groups excluding carboxylic acids is 2. The van der Waals surface area contributed by atoms with Crippen LogP contribution < -0.4 is 9.62 Å². The van der Waals surface area contributed by atoms with Crippen LogP contribution in [-0.2, 0) is 32.6 Å². The Kier molecular flexibility index (Phi) is 9.29. The van der Waals surface area contributed by atoms with E-state index in [1.807, 2.05) is 61.5 Å². The van der Waals surface area contributed by atoms with Crippen LogP contribution in [0.1, 0.15) is 16.7 Å². The molecule has 1 atom stereocenters. The maximum atomic E-state index is 13.8. The molecule has 0 bridgehead atoms. The smallest absolute Gasteiger partial charge is 0.244 e. The molecule has 0 radical (unpaired) electrons. The van der Waals surface area contributed by atoms with Gasteiger partial charge in [0.1, 0.15) is 18.4 Å². The predicted molar refractivity (Wildman–Crippen MR) is 143 cm³/mol. The normalized spacial score (nSPS) is 12.0. The third kappa shape index (κ3) is 7.53. The van der Waals surface area contributed by atoms with Gasteiger partial charge in [-0.3, -0.25) is 13.9 Å². The molecule has 0 aliphatic heterocycles. The van der Waals surface area contributed by atoms with Crippen LogP contribution in [0.5, 0.6) is 0 Å². The van der Waals surface area contributed by atoms with Gasteiger partial charge in [0.05, 0.1) is 17.0 Å². The Morgan fingerprint density at radius 1 is 1.00 bits per heavy atom. The number of sulfonamides is 1. The fraction of sp³-hybridized carbons (Fsp3) is 0.259. The zero-order chi connectivity index (χ0) is 27.2. The topological polar surface area (TPSA) is 86.8 Å². The number of aryl methyl sites for hydroxylation is 1. The molecule has 0 spiro atoms. The number of benzene rings is 3. The van der Waals surface area contributed by atoms with Crippen LogP contribution in [0.25, 0.3) is 0 Å². The lowest BCUT2D eigenvalue weighted by molar-refractivity contribution is -0.139. The lowest BCUT2D eigenvalue weighted by Gasteiger charge is -2.33.